The van der Waals surface area contributed by atoms with Crippen molar-refractivity contribution in [2.45, 2.75) is 90.9 Å². The topological polar surface area (TPSA) is 495 Å². The van der Waals surface area contributed by atoms with Crippen LogP contribution in [0.5, 0.6) is 0 Å². The van der Waals surface area contributed by atoms with Crippen molar-refractivity contribution in [2.75, 3.05) is 48.5 Å². The maximum atomic E-state index is 12.3. The lowest BCUT2D eigenvalue weighted by molar-refractivity contribution is 0.0593. The van der Waals surface area contributed by atoms with Gasteiger partial charge in [-0.15, -0.1) is 10.2 Å². The first kappa shape index (κ1) is 67.8. The summed E-state index contributed by atoms with van der Waals surface area (Å²) in [6, 6.07) is 19.3. The molecular weight excluding hydrogens is 1300 g/mol. The number of H-pyrrole nitrogens is 1. The number of piperidine rings is 1. The Kier molecular flexibility index (Phi) is 21.9. The Labute approximate surface area is 523 Å². The summed E-state index contributed by atoms with van der Waals surface area (Å²) in [5.41, 5.74) is 25.8. The average molecular weight is 1360 g/mol. The zero-order valence-electron chi connectivity index (χ0n) is 49.1. The molecule has 3 aromatic carbocycles. The van der Waals surface area contributed by atoms with Crippen LogP contribution in [-0.4, -0.2) is 145 Å². The molecule has 35 heteroatoms. The van der Waals surface area contributed by atoms with Crippen LogP contribution in [0.15, 0.2) is 131 Å². The monoisotopic (exact) mass is 1360 g/mol. The van der Waals surface area contributed by atoms with Gasteiger partial charge in [0.05, 0.1) is 79.4 Å². The molecule has 0 saturated carbocycles. The van der Waals surface area contributed by atoms with Crippen LogP contribution < -0.4 is 39.3 Å². The molecule has 0 radical (unpaired) electrons. The van der Waals surface area contributed by atoms with Gasteiger partial charge in [-0.05, 0) is 113 Å². The number of hydrogen-bond donors (Lipinski definition) is 8. The molecule has 1 unspecified atom stereocenters. The molecule has 474 valence electrons. The summed E-state index contributed by atoms with van der Waals surface area (Å²) in [7, 11) is -8.79. The van der Waals surface area contributed by atoms with E-state index in [1.54, 1.807) is 90.1 Å². The summed E-state index contributed by atoms with van der Waals surface area (Å²) in [6.45, 7) is 11.6. The first-order valence-electron chi connectivity index (χ1n) is 26.9. The van der Waals surface area contributed by atoms with E-state index in [0.29, 0.717) is 44.4 Å². The van der Waals surface area contributed by atoms with Crippen molar-refractivity contribution >= 4 is 86.7 Å². The number of nitrogens with two attached hydrogens (primary N) is 4. The summed E-state index contributed by atoms with van der Waals surface area (Å²) in [5, 5.41) is 27.9. The van der Waals surface area contributed by atoms with Gasteiger partial charge in [0.15, 0.2) is 75.6 Å². The Morgan fingerprint density at radius 3 is 1.46 bits per heavy atom. The number of aromatic amines is 1. The molecular formula is C55H61BrN18O13S3. The van der Waals surface area contributed by atoms with E-state index in [0.717, 1.165) is 25.9 Å². The van der Waals surface area contributed by atoms with Crippen molar-refractivity contribution in [3.8, 4) is 56.9 Å². The molecule has 1 fully saturated rings. The number of carbonyl (C=O) groups is 2. The molecule has 1 aliphatic rings. The van der Waals surface area contributed by atoms with Crippen molar-refractivity contribution in [1.82, 2.24) is 65.6 Å². The van der Waals surface area contributed by atoms with Gasteiger partial charge in [0.1, 0.15) is 4.60 Å². The number of aromatic nitrogens is 12. The lowest BCUT2D eigenvalue weighted by Gasteiger charge is -2.22. The predicted molar refractivity (Wildman–Crippen MR) is 334 cm³/mol. The van der Waals surface area contributed by atoms with E-state index >= 15 is 0 Å². The Morgan fingerprint density at radius 1 is 0.611 bits per heavy atom. The summed E-state index contributed by atoms with van der Waals surface area (Å²) in [4.78, 5) is 66.0. The van der Waals surface area contributed by atoms with E-state index in [2.05, 4.69) is 91.6 Å². The number of carbonyl (C=O) groups excluding carboxylic acids is 1. The third-order valence-electron chi connectivity index (χ3n) is 12.9. The molecule has 31 nitrogen and oxygen atoms in total. The number of methoxy groups -OCH3 is 1. The quantitative estimate of drug-likeness (QED) is 0.0580. The first-order chi connectivity index (χ1) is 42.5. The molecule has 0 amide bonds. The highest BCUT2D eigenvalue weighted by molar-refractivity contribution is 9.10. The highest BCUT2D eigenvalue weighted by atomic mass is 79.9. The van der Waals surface area contributed by atoms with Gasteiger partial charge in [-0.1, -0.05) is 41.5 Å². The smallest absolute Gasteiger partial charge is 0.434 e. The molecule has 12 N–H and O–H groups in total. The van der Waals surface area contributed by atoms with Crippen LogP contribution in [0.3, 0.4) is 0 Å². The van der Waals surface area contributed by atoms with Gasteiger partial charge < -0.3 is 52.2 Å². The number of carboxylic acids is 1. The van der Waals surface area contributed by atoms with E-state index in [1.807, 2.05) is 0 Å². The van der Waals surface area contributed by atoms with E-state index in [4.69, 9.17) is 36.9 Å². The number of nitrogen functional groups attached to an aromatic ring is 4. The Balaban J connectivity index is 0.000000178. The molecule has 9 aromatic rings. The summed E-state index contributed by atoms with van der Waals surface area (Å²) in [5.74, 6) is -2.40. The summed E-state index contributed by atoms with van der Waals surface area (Å²) >= 11 is 3.06. The molecule has 90 heavy (non-hydrogen) atoms. The number of nitrogens with one attached hydrogen (secondary N) is 3. The average Bonchev–Trinajstić information content (AvgIpc) is 3.66. The van der Waals surface area contributed by atoms with Crippen molar-refractivity contribution in [3.63, 3.8) is 0 Å². The number of aromatic carboxylic acids is 1. The largest absolute Gasteiger partial charge is 0.476 e. The van der Waals surface area contributed by atoms with Gasteiger partial charge in [0, 0.05) is 29.3 Å². The van der Waals surface area contributed by atoms with Crippen LogP contribution in [0.2, 0.25) is 0 Å². The molecule has 0 spiro atoms. The van der Waals surface area contributed by atoms with Crippen LogP contribution in [-0.2, 0) is 34.2 Å². The number of rotatable bonds is 15. The first-order valence-corrected chi connectivity index (χ1v) is 32.3. The SMILES string of the molecule is CC(C)S(=O)(=O)c1ccc(-c2cnc(N)c(-c3n[nH]c(=O)o3)n2)cc1.CC(C)S(=O)(=O)c1ccc(-c2cnc(N)c(-c3nnc(NC4CCCNC4)o3)n2)cc1.CC(C)S(=O)(=O)c1ccc(-c2cnc(N)c(C(=O)O)n2)cc1.COC(=O)c1nc(Br)cnc1N. The van der Waals surface area contributed by atoms with Gasteiger partial charge >= 0.3 is 23.7 Å². The third-order valence-corrected chi connectivity index (χ3v) is 19.8. The molecule has 1 atom stereocenters. The number of hydrogen-bond acceptors (Lipinski definition) is 29. The van der Waals surface area contributed by atoms with Gasteiger partial charge in [-0.3, -0.25) is 0 Å². The number of anilines is 5. The molecule has 10 rings (SSSR count). The number of carboxylic acid groups (broad SMARTS) is 1. The van der Waals surface area contributed by atoms with Crippen LogP contribution in [0.25, 0.3) is 56.9 Å². The maximum Gasteiger partial charge on any atom is 0.434 e. The van der Waals surface area contributed by atoms with Crippen LogP contribution in [0.4, 0.5) is 29.3 Å². The number of benzene rings is 3. The van der Waals surface area contributed by atoms with Crippen LogP contribution in [0.1, 0.15) is 75.4 Å². The second-order valence-corrected chi connectivity index (χ2v) is 28.4. The minimum atomic E-state index is -3.35. The van der Waals surface area contributed by atoms with Crippen molar-refractivity contribution in [1.29, 1.82) is 0 Å². The minimum Gasteiger partial charge on any atom is -0.476 e. The zero-order chi connectivity index (χ0) is 65.8. The highest BCUT2D eigenvalue weighted by Gasteiger charge is 2.24. The fourth-order valence-electron chi connectivity index (χ4n) is 7.83. The second-order valence-electron chi connectivity index (χ2n) is 20.1. The van der Waals surface area contributed by atoms with Crippen molar-refractivity contribution in [2.24, 2.45) is 0 Å². The predicted octanol–water partition coefficient (Wildman–Crippen LogP) is 5.59. The van der Waals surface area contributed by atoms with Crippen molar-refractivity contribution in [3.05, 3.63) is 124 Å². The van der Waals surface area contributed by atoms with Gasteiger partial charge in [0.2, 0.25) is 0 Å². The summed E-state index contributed by atoms with van der Waals surface area (Å²) in [6.07, 6.45) is 7.81. The van der Waals surface area contributed by atoms with E-state index in [1.165, 1.54) is 56.2 Å². The molecule has 1 aliphatic heterocycles. The number of esters is 1. The second kappa shape index (κ2) is 29.1. The number of ether oxygens (including phenoxy) is 1. The maximum absolute atomic E-state index is 12.3. The van der Waals surface area contributed by atoms with Gasteiger partial charge in [0.25, 0.3) is 11.8 Å². The highest BCUT2D eigenvalue weighted by Crippen LogP contribution is 2.30. The third kappa shape index (κ3) is 16.5. The molecule has 1 saturated heterocycles. The minimum absolute atomic E-state index is 0.0203. The Hall–Kier alpha value is -9.71. The fraction of sp³-hybridized carbons (Fsp3) is 0.273. The van der Waals surface area contributed by atoms with Crippen molar-refractivity contribution < 1.29 is 53.5 Å². The standard InChI is InChI=1S/C20H25N7O3S.C15H15N5O4S.C14H15N3O4S.C6H6BrN3O2/c1-12(2)31(28,29)15-7-5-13(6-8-15)16-11-23-18(21)17(25-16)19-26-27-20(30-19)24-14-4-3-9-22-10-14;1-8(2)25(22,23)10-5-3-9(4-6-10)11-7-17-13(16)12(18-11)14-19-20-15(21)24-14;1-8(2)22(20,21)10-5-3-9(4-6-10)11-7-16-13(15)12(17-11)14(18)19;1-12-6(11)4-5(8)9-2-3(7)10-4/h5-8,11-12,14,22H,3-4,9-10H2,1-2H3,(H2,21,23)(H,24,27);3-8H,1-2H3,(H2,16,17)(H,20,21);3-8H,1-2H3,(H2,15,16)(H,18,19);2H,1H3,(H2,8,9). The van der Waals surface area contributed by atoms with Crippen LogP contribution >= 0.6 is 15.9 Å². The molecule has 6 aromatic heterocycles. The molecule has 0 aliphatic carbocycles. The Morgan fingerprint density at radius 2 is 1.04 bits per heavy atom. The number of sulfone groups is 3. The van der Waals surface area contributed by atoms with Gasteiger partial charge in [-0.2, -0.15) is 0 Å². The Bertz CT molecular complexity index is 4430. The van der Waals surface area contributed by atoms with Gasteiger partial charge in [-0.25, -0.2) is 84.6 Å². The van der Waals surface area contributed by atoms with E-state index in [-0.39, 0.29) is 78.6 Å². The lowest BCUT2D eigenvalue weighted by atomic mass is 10.1. The normalized spacial score (nSPS) is 13.3. The zero-order valence-corrected chi connectivity index (χ0v) is 53.1. The number of nitrogens with zero attached hydrogens (tertiary/aromatic N) is 11. The summed E-state index contributed by atoms with van der Waals surface area (Å²) < 4.78 is 88.5. The lowest BCUT2D eigenvalue weighted by Crippen LogP contribution is -2.38. The van der Waals surface area contributed by atoms with E-state index in [9.17, 15) is 39.6 Å². The fourth-order valence-corrected chi connectivity index (χ4v) is 11.3. The molecule has 0 bridgehead atoms. The molecule has 7 heterocycles. The number of halogens is 1. The van der Waals surface area contributed by atoms with E-state index < -0.39 is 63.0 Å². The van der Waals surface area contributed by atoms with Crippen LogP contribution in [0, 0.1) is 0 Å².